The molecule has 0 aliphatic heterocycles. The van der Waals surface area contributed by atoms with Gasteiger partial charge in [-0.2, -0.15) is 0 Å². The SMILES string of the molecule is c1ccc(-c2nc3ccccc3c3c2cc(-c2ccccc2-n2c4ccccc4c4ccccc42)c2oc4ccccc4c23)cc1. The molecule has 0 saturated heterocycles. The summed E-state index contributed by atoms with van der Waals surface area (Å²) in [5.41, 5.74) is 10.4. The van der Waals surface area contributed by atoms with Gasteiger partial charge < -0.3 is 8.98 Å². The first-order valence-corrected chi connectivity index (χ1v) is 15.7. The normalized spacial score (nSPS) is 11.9. The number of nitrogens with zero attached hydrogens (tertiary/aromatic N) is 2. The first-order chi connectivity index (χ1) is 22.8. The highest BCUT2D eigenvalue weighted by atomic mass is 16.3. The highest BCUT2D eigenvalue weighted by Gasteiger charge is 2.23. The second-order valence-corrected chi connectivity index (χ2v) is 11.9. The lowest BCUT2D eigenvalue weighted by Crippen LogP contribution is -1.98. The number of para-hydroxylation sites is 5. The van der Waals surface area contributed by atoms with Crippen LogP contribution in [-0.4, -0.2) is 9.55 Å². The third-order valence-electron chi connectivity index (χ3n) is 9.37. The molecule has 0 radical (unpaired) electrons. The summed E-state index contributed by atoms with van der Waals surface area (Å²) in [6.45, 7) is 0. The number of rotatable bonds is 3. The van der Waals surface area contributed by atoms with Crippen molar-refractivity contribution in [3.05, 3.63) is 158 Å². The fourth-order valence-corrected chi connectivity index (χ4v) is 7.42. The van der Waals surface area contributed by atoms with Gasteiger partial charge in [0.2, 0.25) is 0 Å². The number of aromatic nitrogens is 2. The molecule has 3 heteroatoms. The van der Waals surface area contributed by atoms with Crippen LogP contribution in [0.3, 0.4) is 0 Å². The highest BCUT2D eigenvalue weighted by Crippen LogP contribution is 2.47. The minimum Gasteiger partial charge on any atom is -0.455 e. The van der Waals surface area contributed by atoms with E-state index in [0.717, 1.165) is 66.3 Å². The molecule has 214 valence electrons. The van der Waals surface area contributed by atoms with Crippen LogP contribution in [-0.2, 0) is 0 Å². The molecule has 10 aromatic rings. The zero-order chi connectivity index (χ0) is 30.2. The van der Waals surface area contributed by atoms with Gasteiger partial charge in [0.15, 0.2) is 0 Å². The molecule has 46 heavy (non-hydrogen) atoms. The Bertz CT molecular complexity index is 2750. The van der Waals surface area contributed by atoms with E-state index in [2.05, 4.69) is 156 Å². The maximum atomic E-state index is 6.86. The zero-order valence-electron chi connectivity index (χ0n) is 24.8. The molecule has 3 nitrogen and oxygen atoms in total. The molecule has 7 aromatic carbocycles. The maximum Gasteiger partial charge on any atom is 0.143 e. The fraction of sp³-hybridized carbons (Fsp3) is 0. The van der Waals surface area contributed by atoms with Gasteiger partial charge in [0, 0.05) is 54.4 Å². The number of benzene rings is 7. The first-order valence-electron chi connectivity index (χ1n) is 15.7. The van der Waals surface area contributed by atoms with Crippen molar-refractivity contribution in [2.24, 2.45) is 0 Å². The van der Waals surface area contributed by atoms with Crippen LogP contribution in [0.1, 0.15) is 0 Å². The number of hydrogen-bond donors (Lipinski definition) is 0. The molecule has 3 heterocycles. The van der Waals surface area contributed by atoms with E-state index in [0.29, 0.717) is 0 Å². The second-order valence-electron chi connectivity index (χ2n) is 11.9. The molecule has 0 unspecified atom stereocenters. The number of hydrogen-bond acceptors (Lipinski definition) is 2. The van der Waals surface area contributed by atoms with Gasteiger partial charge in [-0.1, -0.05) is 121 Å². The first kappa shape index (κ1) is 25.2. The van der Waals surface area contributed by atoms with E-state index in [1.807, 2.05) is 6.07 Å². The monoisotopic (exact) mass is 586 g/mol. The van der Waals surface area contributed by atoms with Crippen LogP contribution in [0, 0.1) is 0 Å². The minimum absolute atomic E-state index is 0.878. The molecule has 0 spiro atoms. The Morgan fingerprint density at radius 1 is 0.457 bits per heavy atom. The standard InChI is InChI=1S/C43H26N2O/c1-2-14-27(15-3-1)42-34-26-33(43-41(32-20-8-13-25-39(32)46-43)40(34)31-19-4-9-21-35(31)44-42)30-18-7-12-24-38(30)45-36-22-10-5-16-28(36)29-17-6-11-23-37(29)45/h1-26H. The number of fused-ring (bicyclic) bond motifs is 10. The van der Waals surface area contributed by atoms with E-state index in [1.54, 1.807) is 0 Å². The van der Waals surface area contributed by atoms with Gasteiger partial charge in [0.05, 0.1) is 27.9 Å². The zero-order valence-corrected chi connectivity index (χ0v) is 24.8. The number of pyridine rings is 1. The topological polar surface area (TPSA) is 31.0 Å². The second kappa shape index (κ2) is 9.65. The molecule has 0 bridgehead atoms. The largest absolute Gasteiger partial charge is 0.455 e. The summed E-state index contributed by atoms with van der Waals surface area (Å²) in [7, 11) is 0. The van der Waals surface area contributed by atoms with Crippen LogP contribution in [0.25, 0.3) is 93.5 Å². The lowest BCUT2D eigenvalue weighted by atomic mass is 9.91. The molecule has 0 aliphatic carbocycles. The van der Waals surface area contributed by atoms with Crippen LogP contribution >= 0.6 is 0 Å². The van der Waals surface area contributed by atoms with Crippen LogP contribution in [0.2, 0.25) is 0 Å². The summed E-state index contributed by atoms with van der Waals surface area (Å²) in [4.78, 5) is 5.30. The van der Waals surface area contributed by atoms with Crippen LogP contribution in [0.15, 0.2) is 162 Å². The third kappa shape index (κ3) is 3.51. The van der Waals surface area contributed by atoms with Crippen molar-refractivity contribution in [1.29, 1.82) is 0 Å². The molecule has 3 aromatic heterocycles. The highest BCUT2D eigenvalue weighted by molar-refractivity contribution is 6.30. The smallest absolute Gasteiger partial charge is 0.143 e. The van der Waals surface area contributed by atoms with Crippen LogP contribution < -0.4 is 0 Å². The molecule has 0 aliphatic rings. The van der Waals surface area contributed by atoms with Gasteiger partial charge in [0.1, 0.15) is 11.2 Å². The molecule has 0 fully saturated rings. The Kier molecular flexibility index (Phi) is 5.28. The van der Waals surface area contributed by atoms with Crippen LogP contribution in [0.4, 0.5) is 0 Å². The Morgan fingerprint density at radius 2 is 1.07 bits per heavy atom. The van der Waals surface area contributed by atoms with Crippen LogP contribution in [0.5, 0.6) is 0 Å². The molecule has 0 atom stereocenters. The van der Waals surface area contributed by atoms with E-state index in [-0.39, 0.29) is 0 Å². The van der Waals surface area contributed by atoms with E-state index >= 15 is 0 Å². The summed E-state index contributed by atoms with van der Waals surface area (Å²) in [6, 6.07) is 55.8. The summed E-state index contributed by atoms with van der Waals surface area (Å²) in [5.74, 6) is 0. The van der Waals surface area contributed by atoms with Crippen molar-refractivity contribution in [2.45, 2.75) is 0 Å². The maximum absolute atomic E-state index is 6.86. The van der Waals surface area contributed by atoms with Gasteiger partial charge in [-0.05, 0) is 36.4 Å². The van der Waals surface area contributed by atoms with E-state index in [4.69, 9.17) is 9.40 Å². The van der Waals surface area contributed by atoms with Crippen molar-refractivity contribution in [2.75, 3.05) is 0 Å². The van der Waals surface area contributed by atoms with Gasteiger partial charge in [-0.15, -0.1) is 0 Å². The van der Waals surface area contributed by atoms with Crippen molar-refractivity contribution in [3.63, 3.8) is 0 Å². The van der Waals surface area contributed by atoms with Gasteiger partial charge in [0.25, 0.3) is 0 Å². The summed E-state index contributed by atoms with van der Waals surface area (Å²) < 4.78 is 9.26. The fourth-order valence-electron chi connectivity index (χ4n) is 7.42. The molecule has 10 rings (SSSR count). The van der Waals surface area contributed by atoms with E-state index < -0.39 is 0 Å². The molecule has 0 amide bonds. The Morgan fingerprint density at radius 3 is 1.85 bits per heavy atom. The van der Waals surface area contributed by atoms with E-state index in [9.17, 15) is 0 Å². The summed E-state index contributed by atoms with van der Waals surface area (Å²) in [5, 5.41) is 8.10. The average molecular weight is 587 g/mol. The Hall–Kier alpha value is -6.19. The van der Waals surface area contributed by atoms with E-state index in [1.165, 1.54) is 27.2 Å². The molecular weight excluding hydrogens is 560 g/mol. The Balaban J connectivity index is 1.41. The average Bonchev–Trinajstić information content (AvgIpc) is 3.68. The predicted octanol–water partition coefficient (Wildman–Crippen LogP) is 11.7. The predicted molar refractivity (Wildman–Crippen MR) is 192 cm³/mol. The van der Waals surface area contributed by atoms with Crippen molar-refractivity contribution >= 4 is 65.4 Å². The van der Waals surface area contributed by atoms with Gasteiger partial charge >= 0.3 is 0 Å². The lowest BCUT2D eigenvalue weighted by molar-refractivity contribution is 0.670. The minimum atomic E-state index is 0.878. The van der Waals surface area contributed by atoms with Crippen molar-refractivity contribution in [3.8, 4) is 28.1 Å². The lowest BCUT2D eigenvalue weighted by Gasteiger charge is -2.17. The van der Waals surface area contributed by atoms with Crippen molar-refractivity contribution < 1.29 is 4.42 Å². The quantitative estimate of drug-likeness (QED) is 0.193. The summed E-state index contributed by atoms with van der Waals surface area (Å²) in [6.07, 6.45) is 0. The number of furan rings is 1. The van der Waals surface area contributed by atoms with Gasteiger partial charge in [-0.25, -0.2) is 4.98 Å². The molecule has 0 saturated carbocycles. The molecular formula is C43H26N2O. The van der Waals surface area contributed by atoms with Crippen molar-refractivity contribution in [1.82, 2.24) is 9.55 Å². The Labute approximate surface area is 264 Å². The summed E-state index contributed by atoms with van der Waals surface area (Å²) >= 11 is 0. The van der Waals surface area contributed by atoms with Gasteiger partial charge in [-0.3, -0.25) is 0 Å². The molecule has 0 N–H and O–H groups in total. The third-order valence-corrected chi connectivity index (χ3v) is 9.37.